The Hall–Kier alpha value is -3.77. The smallest absolute Gasteiger partial charge is 0.149 e. The van der Waals surface area contributed by atoms with E-state index >= 15 is 0 Å². The SMILES string of the molecule is CN1CCN(c2ccc(-c3cc4nccn4c(-c4cnn(C(CC#N)C5CC5)c4)n3)cn2)CC1. The molecule has 9 nitrogen and oxygen atoms in total. The van der Waals surface area contributed by atoms with Gasteiger partial charge in [-0.2, -0.15) is 10.4 Å². The number of imidazole rings is 1. The molecule has 1 atom stereocenters. The first kappa shape index (κ1) is 20.8. The minimum absolute atomic E-state index is 0.131. The summed E-state index contributed by atoms with van der Waals surface area (Å²) in [4.78, 5) is 18.9. The lowest BCUT2D eigenvalue weighted by atomic mass is 10.1. The second-order valence-electron chi connectivity index (χ2n) is 9.29. The van der Waals surface area contributed by atoms with Crippen LogP contribution in [0.5, 0.6) is 0 Å². The van der Waals surface area contributed by atoms with Crippen molar-refractivity contribution in [2.45, 2.75) is 25.3 Å². The quantitative estimate of drug-likeness (QED) is 0.442. The van der Waals surface area contributed by atoms with Gasteiger partial charge in [-0.1, -0.05) is 0 Å². The average molecular weight is 454 g/mol. The third-order valence-electron chi connectivity index (χ3n) is 6.93. The second kappa shape index (κ2) is 8.54. The van der Waals surface area contributed by atoms with Gasteiger partial charge in [-0.3, -0.25) is 9.08 Å². The Bertz CT molecular complexity index is 1330. The van der Waals surface area contributed by atoms with E-state index in [2.05, 4.69) is 45.1 Å². The van der Waals surface area contributed by atoms with E-state index in [-0.39, 0.29) is 6.04 Å². The second-order valence-corrected chi connectivity index (χ2v) is 9.29. The van der Waals surface area contributed by atoms with Crippen LogP contribution in [0.4, 0.5) is 5.82 Å². The van der Waals surface area contributed by atoms with Crippen LogP contribution in [0.15, 0.2) is 49.2 Å². The molecule has 1 saturated heterocycles. The van der Waals surface area contributed by atoms with Gasteiger partial charge in [0.05, 0.1) is 36.0 Å². The zero-order valence-electron chi connectivity index (χ0n) is 19.2. The molecule has 1 aliphatic heterocycles. The molecule has 5 heterocycles. The molecular formula is C25H27N9. The first-order valence-electron chi connectivity index (χ1n) is 11.8. The molecular weight excluding hydrogens is 426 g/mol. The van der Waals surface area contributed by atoms with Gasteiger partial charge in [-0.05, 0) is 37.9 Å². The topological polar surface area (TPSA) is 91.2 Å². The molecule has 0 aromatic carbocycles. The van der Waals surface area contributed by atoms with E-state index in [4.69, 9.17) is 9.97 Å². The highest BCUT2D eigenvalue weighted by molar-refractivity contribution is 5.69. The van der Waals surface area contributed by atoms with Gasteiger partial charge in [0.2, 0.25) is 0 Å². The van der Waals surface area contributed by atoms with Crippen LogP contribution in [0.2, 0.25) is 0 Å². The highest BCUT2D eigenvalue weighted by atomic mass is 15.3. The standard InChI is InChI=1S/C25H27N9/c1-31-10-12-32(13-11-31)23-5-4-19(15-28-23)21-14-24-27-8-9-33(24)25(30-21)20-16-29-34(17-20)22(6-7-26)18-2-3-18/h4-5,8-9,14-18,22H,2-3,6,10-13H2,1H3. The first-order chi connectivity index (χ1) is 16.7. The van der Waals surface area contributed by atoms with Crippen molar-refractivity contribution >= 4 is 11.5 Å². The molecule has 1 unspecified atom stereocenters. The Morgan fingerprint density at radius 1 is 1.09 bits per heavy atom. The van der Waals surface area contributed by atoms with Crippen LogP contribution in [0, 0.1) is 17.2 Å². The van der Waals surface area contributed by atoms with Crippen LogP contribution < -0.4 is 4.90 Å². The van der Waals surface area contributed by atoms with Crippen LogP contribution in [-0.2, 0) is 0 Å². The van der Waals surface area contributed by atoms with E-state index in [0.29, 0.717) is 12.3 Å². The largest absolute Gasteiger partial charge is 0.354 e. The Labute approximate surface area is 198 Å². The molecule has 4 aromatic heterocycles. The van der Waals surface area contributed by atoms with Crippen molar-refractivity contribution in [2.75, 3.05) is 38.1 Å². The zero-order valence-corrected chi connectivity index (χ0v) is 19.2. The zero-order chi connectivity index (χ0) is 23.1. The number of piperazine rings is 1. The van der Waals surface area contributed by atoms with E-state index in [1.165, 1.54) is 0 Å². The summed E-state index contributed by atoms with van der Waals surface area (Å²) in [6.45, 7) is 4.08. The number of fused-ring (bicyclic) bond motifs is 1. The number of nitrogens with zero attached hydrogens (tertiary/aromatic N) is 9. The minimum atomic E-state index is 0.131. The highest BCUT2D eigenvalue weighted by Crippen LogP contribution is 2.41. The predicted molar refractivity (Wildman–Crippen MR) is 129 cm³/mol. The van der Waals surface area contributed by atoms with Crippen molar-refractivity contribution in [2.24, 2.45) is 5.92 Å². The molecule has 0 bridgehead atoms. The monoisotopic (exact) mass is 453 g/mol. The normalized spacial score (nSPS) is 17.7. The van der Waals surface area contributed by atoms with Crippen LogP contribution >= 0.6 is 0 Å². The van der Waals surface area contributed by atoms with Gasteiger partial charge in [0.1, 0.15) is 17.3 Å². The van der Waals surface area contributed by atoms with Crippen molar-refractivity contribution in [1.29, 1.82) is 5.26 Å². The van der Waals surface area contributed by atoms with E-state index in [9.17, 15) is 5.26 Å². The molecule has 1 saturated carbocycles. The molecule has 0 radical (unpaired) electrons. The lowest BCUT2D eigenvalue weighted by Crippen LogP contribution is -2.44. The summed E-state index contributed by atoms with van der Waals surface area (Å²) in [7, 11) is 2.15. The fourth-order valence-corrected chi connectivity index (χ4v) is 4.72. The van der Waals surface area contributed by atoms with Gasteiger partial charge in [0, 0.05) is 62.6 Å². The number of pyridine rings is 1. The van der Waals surface area contributed by atoms with Crippen molar-refractivity contribution < 1.29 is 0 Å². The number of likely N-dealkylation sites (N-methyl/N-ethyl adjacent to an activating group) is 1. The molecule has 172 valence electrons. The van der Waals surface area contributed by atoms with Crippen LogP contribution in [0.1, 0.15) is 25.3 Å². The summed E-state index contributed by atoms with van der Waals surface area (Å²) in [5.74, 6) is 2.33. The molecule has 0 N–H and O–H groups in total. The Balaban J connectivity index is 1.32. The molecule has 0 amide bonds. The number of anilines is 1. The molecule has 6 rings (SSSR count). The third kappa shape index (κ3) is 3.90. The van der Waals surface area contributed by atoms with Gasteiger partial charge < -0.3 is 9.80 Å². The summed E-state index contributed by atoms with van der Waals surface area (Å²) < 4.78 is 3.92. The molecule has 4 aromatic rings. The summed E-state index contributed by atoms with van der Waals surface area (Å²) in [6, 6.07) is 8.61. The molecule has 9 heteroatoms. The molecule has 1 aliphatic carbocycles. The predicted octanol–water partition coefficient (Wildman–Crippen LogP) is 3.27. The summed E-state index contributed by atoms with van der Waals surface area (Å²) in [5.41, 5.74) is 3.52. The lowest BCUT2D eigenvalue weighted by molar-refractivity contribution is 0.312. The first-order valence-corrected chi connectivity index (χ1v) is 11.8. The minimum Gasteiger partial charge on any atom is -0.354 e. The average Bonchev–Trinajstić information content (AvgIpc) is 3.38. The fourth-order valence-electron chi connectivity index (χ4n) is 4.72. The van der Waals surface area contributed by atoms with Crippen molar-refractivity contribution in [1.82, 2.24) is 34.0 Å². The maximum absolute atomic E-state index is 9.26. The number of hydrogen-bond acceptors (Lipinski definition) is 7. The Morgan fingerprint density at radius 2 is 1.94 bits per heavy atom. The molecule has 34 heavy (non-hydrogen) atoms. The van der Waals surface area contributed by atoms with Crippen molar-refractivity contribution in [3.8, 4) is 28.7 Å². The van der Waals surface area contributed by atoms with E-state index < -0.39 is 0 Å². The van der Waals surface area contributed by atoms with E-state index in [0.717, 1.165) is 73.1 Å². The fraction of sp³-hybridized carbons (Fsp3) is 0.400. The number of rotatable bonds is 6. The maximum atomic E-state index is 9.26. The summed E-state index contributed by atoms with van der Waals surface area (Å²) in [5, 5.41) is 13.9. The summed E-state index contributed by atoms with van der Waals surface area (Å²) in [6.07, 6.45) is 12.3. The molecule has 2 fully saturated rings. The number of nitriles is 1. The van der Waals surface area contributed by atoms with Gasteiger partial charge in [0.15, 0.2) is 0 Å². The van der Waals surface area contributed by atoms with Crippen LogP contribution in [0.25, 0.3) is 28.3 Å². The Morgan fingerprint density at radius 3 is 2.68 bits per heavy atom. The Kier molecular flexibility index (Phi) is 5.23. The third-order valence-corrected chi connectivity index (χ3v) is 6.93. The van der Waals surface area contributed by atoms with Gasteiger partial charge >= 0.3 is 0 Å². The lowest BCUT2D eigenvalue weighted by Gasteiger charge is -2.33. The highest BCUT2D eigenvalue weighted by Gasteiger charge is 2.33. The van der Waals surface area contributed by atoms with Crippen LogP contribution in [-0.4, -0.2) is 67.3 Å². The molecule has 0 spiro atoms. The number of hydrogen-bond donors (Lipinski definition) is 0. The van der Waals surface area contributed by atoms with Gasteiger partial charge in [-0.25, -0.2) is 15.0 Å². The van der Waals surface area contributed by atoms with Gasteiger partial charge in [0.25, 0.3) is 0 Å². The van der Waals surface area contributed by atoms with E-state index in [1.807, 2.05) is 39.9 Å². The van der Waals surface area contributed by atoms with E-state index in [1.54, 1.807) is 6.20 Å². The van der Waals surface area contributed by atoms with Crippen molar-refractivity contribution in [3.05, 3.63) is 49.2 Å². The van der Waals surface area contributed by atoms with Crippen molar-refractivity contribution in [3.63, 3.8) is 0 Å². The van der Waals surface area contributed by atoms with Gasteiger partial charge in [-0.15, -0.1) is 0 Å². The maximum Gasteiger partial charge on any atom is 0.149 e. The number of aromatic nitrogens is 6. The van der Waals surface area contributed by atoms with Crippen LogP contribution in [0.3, 0.4) is 0 Å². The molecule has 2 aliphatic rings. The summed E-state index contributed by atoms with van der Waals surface area (Å²) >= 11 is 0.